The first-order valence-electron chi connectivity index (χ1n) is 5.22. The number of hydrogen-bond donors (Lipinski definition) is 1. The van der Waals surface area contributed by atoms with Gasteiger partial charge in [-0.3, -0.25) is 0 Å². The summed E-state index contributed by atoms with van der Waals surface area (Å²) < 4.78 is 10.6. The van der Waals surface area contributed by atoms with Crippen LogP contribution in [-0.4, -0.2) is 18.3 Å². The van der Waals surface area contributed by atoms with Crippen molar-refractivity contribution < 1.29 is 9.47 Å². The van der Waals surface area contributed by atoms with Gasteiger partial charge in [-0.2, -0.15) is 5.10 Å². The van der Waals surface area contributed by atoms with Crippen LogP contribution in [-0.2, 0) is 0 Å². The molecule has 0 radical (unpaired) electrons. The van der Waals surface area contributed by atoms with Gasteiger partial charge < -0.3 is 15.2 Å². The normalized spacial score (nSPS) is 17.7. The van der Waals surface area contributed by atoms with Crippen molar-refractivity contribution in [2.24, 2.45) is 15.9 Å². The minimum absolute atomic E-state index is 0.204. The van der Waals surface area contributed by atoms with Crippen LogP contribution < -0.4 is 15.2 Å². The Balaban J connectivity index is 2.02. The molecule has 3 rings (SSSR count). The second-order valence-electron chi connectivity index (χ2n) is 3.83. The van der Waals surface area contributed by atoms with Crippen molar-refractivity contribution in [3.8, 4) is 11.5 Å². The Kier molecular flexibility index (Phi) is 2.40. The highest BCUT2D eigenvalue weighted by molar-refractivity contribution is 6.32. The lowest BCUT2D eigenvalue weighted by Crippen LogP contribution is -2.17. The molecule has 17 heavy (non-hydrogen) atoms. The number of rotatable bonds is 1. The summed E-state index contributed by atoms with van der Waals surface area (Å²) in [5.41, 5.74) is 7.33. The van der Waals surface area contributed by atoms with Crippen LogP contribution in [0.15, 0.2) is 22.3 Å². The van der Waals surface area contributed by atoms with Crippen LogP contribution in [0, 0.1) is 0 Å². The van der Waals surface area contributed by atoms with E-state index < -0.39 is 0 Å². The molecule has 0 saturated heterocycles. The predicted molar refractivity (Wildman–Crippen MR) is 65.0 cm³/mol. The third-order valence-corrected chi connectivity index (χ3v) is 2.96. The molecule has 1 aromatic rings. The SMILES string of the molecule is NC1=NN=C(c2cc(Cl)c3c(c2)OCO3)CC1. The van der Waals surface area contributed by atoms with Crippen LogP contribution in [0.1, 0.15) is 18.4 Å². The van der Waals surface area contributed by atoms with Crippen molar-refractivity contribution in [3.05, 3.63) is 22.7 Å². The summed E-state index contributed by atoms with van der Waals surface area (Å²) in [5.74, 6) is 1.80. The standard InChI is InChI=1S/C11H10ClN3O2/c12-7-3-6(4-9-11(7)17-5-16-9)8-1-2-10(13)15-14-8/h3-4H,1-2,5H2,(H2,13,15). The fraction of sp³-hybridized carbons (Fsp3) is 0.273. The molecular weight excluding hydrogens is 242 g/mol. The predicted octanol–water partition coefficient (Wildman–Crippen LogP) is 1.92. The number of halogens is 1. The topological polar surface area (TPSA) is 69.2 Å². The summed E-state index contributed by atoms with van der Waals surface area (Å²) in [6.45, 7) is 0.204. The van der Waals surface area contributed by atoms with Crippen LogP contribution >= 0.6 is 11.6 Å². The monoisotopic (exact) mass is 251 g/mol. The van der Waals surface area contributed by atoms with Gasteiger partial charge in [-0.15, -0.1) is 5.10 Å². The van der Waals surface area contributed by atoms with Crippen molar-refractivity contribution in [1.82, 2.24) is 0 Å². The number of nitrogens with two attached hydrogens (primary N) is 1. The number of nitrogens with zero attached hydrogens (tertiary/aromatic N) is 2. The van der Waals surface area contributed by atoms with E-state index in [0.717, 1.165) is 17.7 Å². The van der Waals surface area contributed by atoms with Gasteiger partial charge >= 0.3 is 0 Å². The van der Waals surface area contributed by atoms with Crippen molar-refractivity contribution in [3.63, 3.8) is 0 Å². The molecule has 0 aromatic heterocycles. The van der Waals surface area contributed by atoms with Gasteiger partial charge in [0.2, 0.25) is 6.79 Å². The maximum atomic E-state index is 6.10. The van der Waals surface area contributed by atoms with Gasteiger partial charge in [0.1, 0.15) is 5.84 Å². The molecule has 0 atom stereocenters. The van der Waals surface area contributed by atoms with Crippen molar-refractivity contribution >= 4 is 23.1 Å². The van der Waals surface area contributed by atoms with E-state index in [1.807, 2.05) is 12.1 Å². The van der Waals surface area contributed by atoms with Crippen LogP contribution in [0.4, 0.5) is 0 Å². The van der Waals surface area contributed by atoms with Gasteiger partial charge in [0.25, 0.3) is 0 Å². The molecule has 2 heterocycles. The van der Waals surface area contributed by atoms with Crippen LogP contribution in [0.5, 0.6) is 11.5 Å². The second kappa shape index (κ2) is 3.92. The number of fused-ring (bicyclic) bond motifs is 1. The van der Waals surface area contributed by atoms with E-state index in [0.29, 0.717) is 28.8 Å². The Morgan fingerprint density at radius 1 is 1.18 bits per heavy atom. The molecule has 2 aliphatic heterocycles. The first kappa shape index (κ1) is 10.4. The molecule has 0 fully saturated rings. The summed E-state index contributed by atoms with van der Waals surface area (Å²) in [7, 11) is 0. The van der Waals surface area contributed by atoms with E-state index >= 15 is 0 Å². The number of benzene rings is 1. The molecule has 0 amide bonds. The first-order chi connectivity index (χ1) is 8.24. The van der Waals surface area contributed by atoms with E-state index in [4.69, 9.17) is 26.8 Å². The smallest absolute Gasteiger partial charge is 0.231 e. The van der Waals surface area contributed by atoms with Gasteiger partial charge in [0.15, 0.2) is 11.5 Å². The van der Waals surface area contributed by atoms with Gasteiger partial charge in [-0.05, 0) is 18.6 Å². The molecule has 2 aliphatic rings. The largest absolute Gasteiger partial charge is 0.454 e. The van der Waals surface area contributed by atoms with E-state index in [1.54, 1.807) is 0 Å². The lowest BCUT2D eigenvalue weighted by atomic mass is 10.0. The zero-order valence-electron chi connectivity index (χ0n) is 8.94. The molecule has 0 unspecified atom stereocenters. The quantitative estimate of drug-likeness (QED) is 0.829. The van der Waals surface area contributed by atoms with E-state index in [2.05, 4.69) is 10.2 Å². The highest BCUT2D eigenvalue weighted by atomic mass is 35.5. The zero-order valence-corrected chi connectivity index (χ0v) is 9.70. The number of ether oxygens (including phenoxy) is 2. The number of hydrogen-bond acceptors (Lipinski definition) is 5. The number of amidine groups is 1. The Bertz CT molecular complexity index is 540. The van der Waals surface area contributed by atoms with Crippen molar-refractivity contribution in [2.75, 3.05) is 6.79 Å². The average molecular weight is 252 g/mol. The Hall–Kier alpha value is -1.75. The lowest BCUT2D eigenvalue weighted by Gasteiger charge is -2.10. The molecule has 1 aromatic carbocycles. The maximum absolute atomic E-state index is 6.10. The minimum Gasteiger partial charge on any atom is -0.454 e. The molecular formula is C11H10ClN3O2. The fourth-order valence-electron chi connectivity index (χ4n) is 1.81. The van der Waals surface area contributed by atoms with Gasteiger partial charge in [-0.1, -0.05) is 11.6 Å². The summed E-state index contributed by atoms with van der Waals surface area (Å²) in [6.07, 6.45) is 1.47. The highest BCUT2D eigenvalue weighted by Gasteiger charge is 2.20. The molecule has 6 heteroatoms. The fourth-order valence-corrected chi connectivity index (χ4v) is 2.07. The molecule has 0 saturated carbocycles. The van der Waals surface area contributed by atoms with Crippen LogP contribution in [0.2, 0.25) is 5.02 Å². The van der Waals surface area contributed by atoms with Crippen molar-refractivity contribution in [1.29, 1.82) is 0 Å². The molecule has 0 spiro atoms. The molecule has 5 nitrogen and oxygen atoms in total. The summed E-state index contributed by atoms with van der Waals surface area (Å²) >= 11 is 6.10. The van der Waals surface area contributed by atoms with E-state index in [1.165, 1.54) is 0 Å². The zero-order chi connectivity index (χ0) is 11.8. The van der Waals surface area contributed by atoms with E-state index in [-0.39, 0.29) is 6.79 Å². The highest BCUT2D eigenvalue weighted by Crippen LogP contribution is 2.40. The summed E-state index contributed by atoms with van der Waals surface area (Å²) in [6, 6.07) is 3.68. The Labute approximate surface area is 103 Å². The van der Waals surface area contributed by atoms with Crippen molar-refractivity contribution in [2.45, 2.75) is 12.8 Å². The molecule has 2 N–H and O–H groups in total. The van der Waals surface area contributed by atoms with Crippen LogP contribution in [0.25, 0.3) is 0 Å². The molecule has 0 bridgehead atoms. The third-order valence-electron chi connectivity index (χ3n) is 2.68. The average Bonchev–Trinajstić information content (AvgIpc) is 2.78. The summed E-state index contributed by atoms with van der Waals surface area (Å²) in [5, 5.41) is 8.48. The second-order valence-corrected chi connectivity index (χ2v) is 4.24. The first-order valence-corrected chi connectivity index (χ1v) is 5.60. The summed E-state index contributed by atoms with van der Waals surface area (Å²) in [4.78, 5) is 0. The molecule has 0 aliphatic carbocycles. The van der Waals surface area contributed by atoms with Crippen LogP contribution in [0.3, 0.4) is 0 Å². The third kappa shape index (κ3) is 1.82. The van der Waals surface area contributed by atoms with E-state index in [9.17, 15) is 0 Å². The van der Waals surface area contributed by atoms with Gasteiger partial charge in [-0.25, -0.2) is 0 Å². The maximum Gasteiger partial charge on any atom is 0.231 e. The Morgan fingerprint density at radius 2 is 2.06 bits per heavy atom. The Morgan fingerprint density at radius 3 is 2.82 bits per heavy atom. The van der Waals surface area contributed by atoms with Gasteiger partial charge in [0, 0.05) is 12.0 Å². The van der Waals surface area contributed by atoms with Gasteiger partial charge in [0.05, 0.1) is 10.7 Å². The minimum atomic E-state index is 0.204. The molecule has 88 valence electrons. The lowest BCUT2D eigenvalue weighted by molar-refractivity contribution is 0.174.